The maximum absolute atomic E-state index is 14.7. The second kappa shape index (κ2) is 13.2. The number of aliphatic hydroxyl groups excluding tert-OH is 1. The first-order chi connectivity index (χ1) is 16.4. The van der Waals surface area contributed by atoms with Gasteiger partial charge in [-0.25, -0.2) is 0 Å². The van der Waals surface area contributed by atoms with Gasteiger partial charge < -0.3 is 19.4 Å². The summed E-state index contributed by atoms with van der Waals surface area (Å²) in [7, 11) is 0. The van der Waals surface area contributed by atoms with Crippen molar-refractivity contribution in [3.05, 3.63) is 48.0 Å². The van der Waals surface area contributed by atoms with Crippen LogP contribution in [0.25, 0.3) is 0 Å². The van der Waals surface area contributed by atoms with E-state index in [1.165, 1.54) is 30.3 Å². The number of unbranched alkanes of at least 4 members (excludes halogenated alkanes) is 4. The van der Waals surface area contributed by atoms with Gasteiger partial charge >= 0.3 is 5.92 Å². The number of ether oxygens (including phenoxy) is 2. The van der Waals surface area contributed by atoms with Crippen LogP contribution in [-0.4, -0.2) is 42.3 Å². The summed E-state index contributed by atoms with van der Waals surface area (Å²) in [5, 5.41) is 10.8. The van der Waals surface area contributed by atoms with E-state index in [1.54, 1.807) is 6.07 Å². The van der Waals surface area contributed by atoms with Gasteiger partial charge in [0.25, 0.3) is 0 Å². The number of aldehydes is 1. The van der Waals surface area contributed by atoms with Crippen LogP contribution in [0.3, 0.4) is 0 Å². The van der Waals surface area contributed by atoms with Crippen LogP contribution in [0.5, 0.6) is 0 Å². The molecule has 0 aromatic heterocycles. The number of allylic oxidation sites excluding steroid dienone is 1. The number of benzene rings is 1. The highest BCUT2D eigenvalue weighted by atomic mass is 19.3. The highest BCUT2D eigenvalue weighted by Gasteiger charge is 2.44. The number of alkyl halides is 2. The molecule has 188 valence electrons. The molecule has 3 rings (SSSR count). The molecule has 1 aromatic rings. The van der Waals surface area contributed by atoms with Crippen molar-refractivity contribution in [3.63, 3.8) is 0 Å². The van der Waals surface area contributed by atoms with Crippen LogP contribution in [-0.2, 0) is 25.0 Å². The Morgan fingerprint density at radius 1 is 1.15 bits per heavy atom. The average molecular weight is 479 g/mol. The summed E-state index contributed by atoms with van der Waals surface area (Å²) in [5.41, 5.74) is -0.341. The standard InChI is InChI=1S/C27H36F2O5/c28-27(29,20-11-5-4-6-12-20)25(32)16-15-22-21(13-7-2-1-3-9-17-30)23(31)19-24(22)34-26-14-8-10-18-33-26/h4-6,11-12,15-17,21-24,26,31H,1-3,7-10,13-14,18-19H2/b16-15+/t21?,22-,23?,24?,26?/m1/s1. The Labute approximate surface area is 200 Å². The Hall–Kier alpha value is -1.96. The molecule has 1 aromatic carbocycles. The van der Waals surface area contributed by atoms with E-state index in [-0.39, 0.29) is 23.7 Å². The summed E-state index contributed by atoms with van der Waals surface area (Å²) in [6, 6.07) is 7.06. The topological polar surface area (TPSA) is 72.8 Å². The molecule has 1 heterocycles. The lowest BCUT2D eigenvalue weighted by Crippen LogP contribution is -2.31. The molecular weight excluding hydrogens is 442 g/mol. The number of ketones is 1. The Bertz CT molecular complexity index is 791. The maximum atomic E-state index is 14.7. The van der Waals surface area contributed by atoms with Crippen LogP contribution in [0.2, 0.25) is 0 Å². The van der Waals surface area contributed by atoms with Crippen LogP contribution >= 0.6 is 0 Å². The van der Waals surface area contributed by atoms with Crippen LogP contribution < -0.4 is 0 Å². The summed E-state index contributed by atoms with van der Waals surface area (Å²) in [6.45, 7) is 0.618. The highest BCUT2D eigenvalue weighted by molar-refractivity contribution is 5.96. The molecule has 0 radical (unpaired) electrons. The molecular formula is C27H36F2O5. The number of carbonyl (C=O) groups excluding carboxylic acids is 2. The van der Waals surface area contributed by atoms with E-state index in [4.69, 9.17) is 9.47 Å². The number of hydrogen-bond acceptors (Lipinski definition) is 5. The fourth-order valence-electron chi connectivity index (χ4n) is 4.97. The normalized spacial score (nSPS) is 27.8. The Morgan fingerprint density at radius 2 is 1.91 bits per heavy atom. The van der Waals surface area contributed by atoms with Gasteiger partial charge in [0, 0.05) is 30.9 Å². The Kier molecular flexibility index (Phi) is 10.4. The minimum atomic E-state index is -3.62. The highest BCUT2D eigenvalue weighted by Crippen LogP contribution is 2.40. The molecule has 7 heteroatoms. The van der Waals surface area contributed by atoms with Gasteiger partial charge in [-0.2, -0.15) is 8.78 Å². The van der Waals surface area contributed by atoms with Crippen molar-refractivity contribution < 1.29 is 33.0 Å². The molecule has 1 N–H and O–H groups in total. The van der Waals surface area contributed by atoms with E-state index in [0.29, 0.717) is 25.9 Å². The molecule has 1 saturated carbocycles. The molecule has 2 aliphatic rings. The molecule has 5 nitrogen and oxygen atoms in total. The van der Waals surface area contributed by atoms with Crippen LogP contribution in [0.4, 0.5) is 8.78 Å². The quantitative estimate of drug-likeness (QED) is 0.235. The molecule has 1 aliphatic carbocycles. The number of rotatable bonds is 13. The predicted molar refractivity (Wildman–Crippen MR) is 124 cm³/mol. The van der Waals surface area contributed by atoms with E-state index in [0.717, 1.165) is 57.3 Å². The van der Waals surface area contributed by atoms with Crippen molar-refractivity contribution in [3.8, 4) is 0 Å². The second-order valence-corrected chi connectivity index (χ2v) is 9.34. The smallest absolute Gasteiger partial charge is 0.334 e. The molecule has 1 aliphatic heterocycles. The average Bonchev–Trinajstić information content (AvgIpc) is 3.14. The van der Waals surface area contributed by atoms with Crippen molar-refractivity contribution in [1.29, 1.82) is 0 Å². The molecule has 2 fully saturated rings. The molecule has 1 saturated heterocycles. The molecule has 0 spiro atoms. The molecule has 0 bridgehead atoms. The van der Waals surface area contributed by atoms with Crippen LogP contribution in [0, 0.1) is 11.8 Å². The van der Waals surface area contributed by atoms with E-state index < -0.39 is 23.9 Å². The number of aliphatic hydroxyl groups is 1. The fraction of sp³-hybridized carbons (Fsp3) is 0.630. The third-order valence-electron chi connectivity index (χ3n) is 6.88. The molecule has 4 unspecified atom stereocenters. The first-order valence-electron chi connectivity index (χ1n) is 12.5. The van der Waals surface area contributed by atoms with Gasteiger partial charge in [-0.1, -0.05) is 55.7 Å². The Morgan fingerprint density at radius 3 is 2.62 bits per heavy atom. The largest absolute Gasteiger partial charge is 0.393 e. The molecule has 0 amide bonds. The summed E-state index contributed by atoms with van der Waals surface area (Å²) in [4.78, 5) is 22.9. The van der Waals surface area contributed by atoms with Gasteiger partial charge in [-0.05, 0) is 44.1 Å². The lowest BCUT2D eigenvalue weighted by molar-refractivity contribution is -0.193. The third-order valence-corrected chi connectivity index (χ3v) is 6.88. The minimum Gasteiger partial charge on any atom is -0.393 e. The van der Waals surface area contributed by atoms with Crippen molar-refractivity contribution in [2.75, 3.05) is 6.61 Å². The zero-order valence-electron chi connectivity index (χ0n) is 19.6. The van der Waals surface area contributed by atoms with Gasteiger partial charge in [0.1, 0.15) is 6.29 Å². The van der Waals surface area contributed by atoms with Gasteiger partial charge in [0.2, 0.25) is 5.78 Å². The van der Waals surface area contributed by atoms with Crippen molar-refractivity contribution in [2.45, 2.75) is 88.6 Å². The number of hydrogen-bond donors (Lipinski definition) is 1. The summed E-state index contributed by atoms with van der Waals surface area (Å²) in [6.07, 6.45) is 9.90. The molecule has 34 heavy (non-hydrogen) atoms. The first-order valence-corrected chi connectivity index (χ1v) is 12.5. The van der Waals surface area contributed by atoms with E-state index in [2.05, 4.69) is 0 Å². The summed E-state index contributed by atoms with van der Waals surface area (Å²) >= 11 is 0. The van der Waals surface area contributed by atoms with Gasteiger partial charge in [0.15, 0.2) is 6.29 Å². The van der Waals surface area contributed by atoms with Crippen molar-refractivity contribution in [2.24, 2.45) is 11.8 Å². The fourth-order valence-corrected chi connectivity index (χ4v) is 4.97. The first kappa shape index (κ1) is 26.6. The maximum Gasteiger partial charge on any atom is 0.334 e. The van der Waals surface area contributed by atoms with Crippen molar-refractivity contribution in [1.82, 2.24) is 0 Å². The van der Waals surface area contributed by atoms with E-state index in [1.807, 2.05) is 0 Å². The van der Waals surface area contributed by atoms with Crippen molar-refractivity contribution >= 4 is 12.1 Å². The van der Waals surface area contributed by atoms with Crippen LogP contribution in [0.1, 0.15) is 69.8 Å². The Balaban J connectivity index is 1.69. The lowest BCUT2D eigenvalue weighted by Gasteiger charge is -2.29. The summed E-state index contributed by atoms with van der Waals surface area (Å²) < 4.78 is 41.2. The van der Waals surface area contributed by atoms with Gasteiger partial charge in [-0.15, -0.1) is 0 Å². The predicted octanol–water partition coefficient (Wildman–Crippen LogP) is 5.35. The molecule has 5 atom stereocenters. The SMILES string of the molecule is O=CCCCCCCC1C(O)CC(OC2CCCCO2)[C@@H]1/C=C/C(=O)C(F)(F)c1ccccc1. The zero-order chi connectivity index (χ0) is 24.4. The lowest BCUT2D eigenvalue weighted by atomic mass is 9.87. The number of carbonyl (C=O) groups is 2. The monoisotopic (exact) mass is 478 g/mol. The minimum absolute atomic E-state index is 0.186. The van der Waals surface area contributed by atoms with Gasteiger partial charge in [0.05, 0.1) is 12.2 Å². The zero-order valence-corrected chi connectivity index (χ0v) is 19.6. The van der Waals surface area contributed by atoms with Crippen LogP contribution in [0.15, 0.2) is 42.5 Å². The van der Waals surface area contributed by atoms with E-state index in [9.17, 15) is 23.5 Å². The number of halogens is 2. The van der Waals surface area contributed by atoms with Gasteiger partial charge in [-0.3, -0.25) is 4.79 Å². The third kappa shape index (κ3) is 7.27. The second-order valence-electron chi connectivity index (χ2n) is 9.34. The summed E-state index contributed by atoms with van der Waals surface area (Å²) in [5.74, 6) is -5.44. The van der Waals surface area contributed by atoms with E-state index >= 15 is 0 Å².